The van der Waals surface area contributed by atoms with Gasteiger partial charge >= 0.3 is 0 Å². The number of carbonyl (C=O) groups is 2. The van der Waals surface area contributed by atoms with Gasteiger partial charge < -0.3 is 45.4 Å². The Morgan fingerprint density at radius 1 is 0.688 bits per heavy atom. The number of benzene rings is 3. The van der Waals surface area contributed by atoms with E-state index in [1.807, 2.05) is 72.9 Å². The van der Waals surface area contributed by atoms with Crippen LogP contribution >= 0.6 is 0 Å². The number of nitrogens with zero attached hydrogens (tertiary/aromatic N) is 8. The number of H-pyrrole nitrogens is 2. The van der Waals surface area contributed by atoms with Gasteiger partial charge in [0.25, 0.3) is 11.8 Å². The number of nitrogens with one attached hydrogen (secondary N) is 7. The van der Waals surface area contributed by atoms with Crippen LogP contribution in [0, 0.1) is 5.82 Å². The van der Waals surface area contributed by atoms with Gasteiger partial charge in [0.05, 0.1) is 37.3 Å². The molecule has 414 valence electrons. The Morgan fingerprint density at radius 2 is 1.34 bits per heavy atom. The molecule has 4 atom stereocenters. The molecule has 0 saturated carbocycles. The first kappa shape index (κ1) is 51.6. The van der Waals surface area contributed by atoms with Crippen molar-refractivity contribution < 1.29 is 27.9 Å². The van der Waals surface area contributed by atoms with Crippen molar-refractivity contribution in [1.29, 1.82) is 0 Å². The topological polar surface area (TPSA) is 225 Å². The van der Waals surface area contributed by atoms with Crippen LogP contribution in [0.3, 0.4) is 0 Å². The van der Waals surface area contributed by atoms with Gasteiger partial charge in [-0.3, -0.25) is 24.8 Å². The summed E-state index contributed by atoms with van der Waals surface area (Å²) >= 11 is 0. The first-order valence-electron chi connectivity index (χ1n) is 28.7. The van der Waals surface area contributed by atoms with Crippen molar-refractivity contribution in [1.82, 2.24) is 56.3 Å². The largest absolute Gasteiger partial charge is 0.491 e. The quantitative estimate of drug-likeness (QED) is 0.0548. The average molecular weight is 1080 g/mol. The van der Waals surface area contributed by atoms with Crippen molar-refractivity contribution in [2.24, 2.45) is 0 Å². The van der Waals surface area contributed by atoms with E-state index in [9.17, 15) is 14.0 Å². The van der Waals surface area contributed by atoms with Crippen molar-refractivity contribution >= 4 is 29.0 Å². The molecular formula is C60H69FN15O4+. The van der Waals surface area contributed by atoms with Gasteiger partial charge in [0.15, 0.2) is 23.3 Å². The highest BCUT2D eigenvalue weighted by Crippen LogP contribution is 2.41. The molecule has 0 aliphatic carbocycles. The molecule has 3 aromatic carbocycles. The lowest BCUT2D eigenvalue weighted by molar-refractivity contribution is -0.961. The van der Waals surface area contributed by atoms with Gasteiger partial charge in [-0.25, -0.2) is 19.3 Å². The molecule has 80 heavy (non-hydrogen) atoms. The van der Waals surface area contributed by atoms with Gasteiger partial charge in [0.1, 0.15) is 41.7 Å². The number of aromatic amines is 2. The number of amides is 2. The van der Waals surface area contributed by atoms with Gasteiger partial charge in [-0.05, 0) is 150 Å². The van der Waals surface area contributed by atoms with E-state index in [1.165, 1.54) is 63.9 Å². The summed E-state index contributed by atoms with van der Waals surface area (Å²) in [4.78, 5) is 49.6. The van der Waals surface area contributed by atoms with Crippen molar-refractivity contribution in [3.8, 4) is 28.5 Å². The normalized spacial score (nSPS) is 22.9. The third kappa shape index (κ3) is 10.3. The smallest absolute Gasteiger partial charge is 0.251 e. The summed E-state index contributed by atoms with van der Waals surface area (Å²) in [6.45, 7) is 7.25. The lowest BCUT2D eigenvalue weighted by Gasteiger charge is -2.54. The molecule has 7 aromatic rings. The molecule has 4 aromatic heterocycles. The van der Waals surface area contributed by atoms with Crippen molar-refractivity contribution in [2.45, 2.75) is 106 Å². The zero-order chi connectivity index (χ0) is 54.1. The SMILES string of the molecule is O=C(N[C@H]1COc2cc(F)ccc21)c1cccc(NC2(c3nc(-c4ccncc4)n[nH]3)CCN(c3cc(-c4n[nH]c(C5(Nc6cccc(C(=O)N[C@H]7CCOC8CCC[N+]9(CCCCCC9)C87)c6)CCNCC5)n4)ccn3)CC2)c1. The highest BCUT2D eigenvalue weighted by Gasteiger charge is 2.52. The Balaban J connectivity index is 0.709. The van der Waals surface area contributed by atoms with Gasteiger partial charge in [-0.15, -0.1) is 0 Å². The number of aromatic nitrogens is 8. The lowest BCUT2D eigenvalue weighted by atomic mass is 9.85. The highest BCUT2D eigenvalue weighted by atomic mass is 19.1. The van der Waals surface area contributed by atoms with Crippen LogP contribution in [0.2, 0.25) is 0 Å². The number of ether oxygens (including phenoxy) is 2. The van der Waals surface area contributed by atoms with Crippen LogP contribution in [0.15, 0.2) is 110 Å². The van der Waals surface area contributed by atoms with Crippen molar-refractivity contribution in [3.05, 3.63) is 144 Å². The molecule has 2 amide bonds. The lowest BCUT2D eigenvalue weighted by Crippen LogP contribution is -2.72. The minimum atomic E-state index is -0.706. The fourth-order valence-corrected chi connectivity index (χ4v) is 13.7. The second-order valence-electron chi connectivity index (χ2n) is 22.7. The van der Waals surface area contributed by atoms with Gasteiger partial charge in [0.2, 0.25) is 0 Å². The molecule has 19 nitrogen and oxygen atoms in total. The molecule has 1 spiro atoms. The summed E-state index contributed by atoms with van der Waals surface area (Å²) in [6, 6.07) is 27.4. The number of piperidine rings is 3. The van der Waals surface area contributed by atoms with Crippen molar-refractivity contribution in [2.75, 3.05) is 74.6 Å². The number of quaternary nitrogens is 1. The summed E-state index contributed by atoms with van der Waals surface area (Å²) < 4.78 is 27.1. The van der Waals surface area contributed by atoms with Crippen LogP contribution in [0.4, 0.5) is 21.6 Å². The van der Waals surface area contributed by atoms with E-state index in [-0.39, 0.29) is 36.4 Å². The van der Waals surface area contributed by atoms with Crippen LogP contribution in [0.25, 0.3) is 22.8 Å². The Labute approximate surface area is 464 Å². The Bertz CT molecular complexity index is 3330. The molecule has 5 fully saturated rings. The summed E-state index contributed by atoms with van der Waals surface area (Å²) in [5, 5.41) is 33.9. The minimum Gasteiger partial charge on any atom is -0.491 e. The third-order valence-electron chi connectivity index (χ3n) is 17.8. The van der Waals surface area contributed by atoms with E-state index >= 15 is 0 Å². The molecule has 5 saturated heterocycles. The molecule has 6 aliphatic rings. The molecule has 6 aliphatic heterocycles. The molecular weight excluding hydrogens is 1010 g/mol. The van der Waals surface area contributed by atoms with Gasteiger partial charge in [0, 0.05) is 83.5 Å². The fraction of sp³-hybridized carbons (Fsp3) is 0.433. The molecule has 2 unspecified atom stereocenters. The number of pyridine rings is 2. The number of fused-ring (bicyclic) bond motifs is 3. The monoisotopic (exact) mass is 1080 g/mol. The van der Waals surface area contributed by atoms with Crippen LogP contribution in [-0.4, -0.2) is 134 Å². The second-order valence-corrected chi connectivity index (χ2v) is 22.7. The molecule has 7 N–H and O–H groups in total. The van der Waals surface area contributed by atoms with E-state index in [4.69, 9.17) is 29.5 Å². The first-order valence-corrected chi connectivity index (χ1v) is 28.7. The van der Waals surface area contributed by atoms with E-state index in [0.29, 0.717) is 72.9 Å². The summed E-state index contributed by atoms with van der Waals surface area (Å²) in [5.41, 5.74) is 3.84. The fourth-order valence-electron chi connectivity index (χ4n) is 13.7. The number of anilines is 3. The second kappa shape index (κ2) is 22.0. The number of hydrogen-bond donors (Lipinski definition) is 7. The summed E-state index contributed by atoms with van der Waals surface area (Å²) in [7, 11) is 0. The first-order chi connectivity index (χ1) is 39.2. The van der Waals surface area contributed by atoms with Gasteiger partial charge in [-0.1, -0.05) is 18.2 Å². The Morgan fingerprint density at radius 3 is 2.05 bits per heavy atom. The average Bonchev–Trinajstić information content (AvgIpc) is 4.38. The number of hydrogen-bond acceptors (Lipinski definition) is 14. The standard InChI is InChI=1S/C60H68FN15O4/c61-43-13-14-46-48(38-80-50(46)37-43)66-56(78)42-9-6-11-45(35-42)70-60(58-67-53(71-74-58)39-15-23-62-24-16-39)21-28-75(29-22-60)51-36-40(17-25-64-51)54-68-57(73-72-54)59(19-26-63-27-20-59)69-44-10-5-8-41(34-44)55(77)65-47-18-33-79-49-12-7-32-76(52(47)49)30-3-1-2-4-31-76/h5-6,8-11,13-17,23-25,34-37,47-49,52,63,69-70H,1-4,7,12,18-22,26-33,38H2,(H3-,62,64,65,66,67,68,71,72,73,74,77,78)/p+1/t47-,48-,49?,52?/m0/s1. The molecule has 10 heterocycles. The van der Waals surface area contributed by atoms with Crippen LogP contribution in [-0.2, 0) is 15.8 Å². The van der Waals surface area contributed by atoms with Crippen LogP contribution in [0.1, 0.15) is 115 Å². The van der Waals surface area contributed by atoms with E-state index in [0.717, 1.165) is 83.0 Å². The maximum absolute atomic E-state index is 14.3. The summed E-state index contributed by atoms with van der Waals surface area (Å²) in [5.74, 6) is 3.07. The molecule has 0 radical (unpaired) electrons. The Kier molecular flexibility index (Phi) is 14.2. The minimum absolute atomic E-state index is 0.0350. The Hall–Kier alpha value is -7.81. The highest BCUT2D eigenvalue weighted by molar-refractivity contribution is 5.96. The zero-order valence-corrected chi connectivity index (χ0v) is 44.9. The zero-order valence-electron chi connectivity index (χ0n) is 44.9. The molecule has 13 rings (SSSR count). The maximum Gasteiger partial charge on any atom is 0.251 e. The van der Waals surface area contributed by atoms with E-state index in [2.05, 4.69) is 51.8 Å². The van der Waals surface area contributed by atoms with Gasteiger partial charge in [-0.2, -0.15) is 10.2 Å². The van der Waals surface area contributed by atoms with Crippen LogP contribution < -0.4 is 36.2 Å². The molecule has 20 heteroatoms. The van der Waals surface area contributed by atoms with Crippen LogP contribution in [0.5, 0.6) is 5.75 Å². The van der Waals surface area contributed by atoms with E-state index < -0.39 is 17.1 Å². The number of carbonyl (C=O) groups excluding carboxylic acids is 2. The number of halogens is 1. The maximum atomic E-state index is 14.3. The molecule has 0 bridgehead atoms. The van der Waals surface area contributed by atoms with Crippen molar-refractivity contribution in [3.63, 3.8) is 0 Å². The predicted molar refractivity (Wildman–Crippen MR) is 300 cm³/mol. The summed E-state index contributed by atoms with van der Waals surface area (Å²) in [6.07, 6.45) is 16.4. The third-order valence-corrected chi connectivity index (χ3v) is 17.8. The number of rotatable bonds is 13. The van der Waals surface area contributed by atoms with E-state index in [1.54, 1.807) is 24.5 Å². The predicted octanol–water partition coefficient (Wildman–Crippen LogP) is 7.79.